The van der Waals surface area contributed by atoms with Crippen molar-refractivity contribution in [3.05, 3.63) is 35.9 Å². The maximum absolute atomic E-state index is 13.3. The molecule has 38 heavy (non-hydrogen) atoms. The minimum atomic E-state index is -0.768. The molecule has 0 saturated carbocycles. The summed E-state index contributed by atoms with van der Waals surface area (Å²) in [5, 5.41) is 19.5. The molecule has 0 radical (unpaired) electrons. The molecule has 0 saturated heterocycles. The molecular formula is C30H50O8. The molecule has 0 fully saturated rings. The van der Waals surface area contributed by atoms with Crippen LogP contribution in [0, 0.1) is 11.8 Å². The molecular weight excluding hydrogens is 488 g/mol. The number of rotatable bonds is 20. The molecule has 0 aliphatic heterocycles. The molecule has 8 heteroatoms. The first kappa shape index (κ1) is 34.0. The molecule has 1 aromatic rings. The largest absolute Gasteiger partial charge is 0.457 e. The van der Waals surface area contributed by atoms with Gasteiger partial charge in [0.05, 0.1) is 50.5 Å². The van der Waals surface area contributed by atoms with E-state index in [0.717, 1.165) is 12.0 Å². The topological polar surface area (TPSA) is 112 Å². The molecule has 7 atom stereocenters. The lowest BCUT2D eigenvalue weighted by atomic mass is 9.86. The molecule has 1 aromatic carbocycles. The van der Waals surface area contributed by atoms with Crippen LogP contribution in [0.3, 0.4) is 0 Å². The second kappa shape index (κ2) is 19.1. The van der Waals surface area contributed by atoms with E-state index < -0.39 is 24.1 Å². The van der Waals surface area contributed by atoms with Gasteiger partial charge < -0.3 is 29.2 Å². The van der Waals surface area contributed by atoms with Crippen LogP contribution >= 0.6 is 0 Å². The zero-order valence-corrected chi connectivity index (χ0v) is 24.1. The summed E-state index contributed by atoms with van der Waals surface area (Å²) in [5.41, 5.74) is 1.12. The van der Waals surface area contributed by atoms with E-state index in [-0.39, 0.29) is 56.4 Å². The molecule has 0 amide bonds. The summed E-state index contributed by atoms with van der Waals surface area (Å²) < 4.78 is 22.8. The van der Waals surface area contributed by atoms with Crippen LogP contribution in [0.5, 0.6) is 0 Å². The van der Waals surface area contributed by atoms with E-state index in [1.165, 1.54) is 0 Å². The number of hydrogen-bond donors (Lipinski definition) is 2. The first-order chi connectivity index (χ1) is 18.2. The van der Waals surface area contributed by atoms with Crippen LogP contribution in [-0.2, 0) is 28.5 Å². The zero-order valence-electron chi connectivity index (χ0n) is 24.1. The van der Waals surface area contributed by atoms with Crippen molar-refractivity contribution >= 4 is 11.9 Å². The van der Waals surface area contributed by atoms with Gasteiger partial charge in [-0.25, -0.2) is 0 Å². The van der Waals surface area contributed by atoms with Gasteiger partial charge in [-0.1, -0.05) is 65.0 Å². The van der Waals surface area contributed by atoms with Crippen LogP contribution in [0.1, 0.15) is 85.1 Å². The number of carbonyl (C=O) groups is 2. The maximum Gasteiger partial charge on any atom is 0.309 e. The van der Waals surface area contributed by atoms with Crippen molar-refractivity contribution in [3.63, 3.8) is 0 Å². The Balaban J connectivity index is 2.92. The summed E-state index contributed by atoms with van der Waals surface area (Å²) in [5.74, 6) is -1.41. The average molecular weight is 539 g/mol. The lowest BCUT2D eigenvalue weighted by molar-refractivity contribution is -0.164. The molecule has 0 spiro atoms. The summed E-state index contributed by atoms with van der Waals surface area (Å²) in [6.45, 7) is 11.2. The smallest absolute Gasteiger partial charge is 0.309 e. The summed E-state index contributed by atoms with van der Waals surface area (Å²) >= 11 is 0. The van der Waals surface area contributed by atoms with Crippen LogP contribution in [0.15, 0.2) is 30.3 Å². The molecule has 7 unspecified atom stereocenters. The Kier molecular flexibility index (Phi) is 17.1. The van der Waals surface area contributed by atoms with E-state index in [1.54, 1.807) is 6.92 Å². The first-order valence-corrected chi connectivity index (χ1v) is 14.1. The quantitative estimate of drug-likeness (QED) is 0.231. The van der Waals surface area contributed by atoms with Crippen molar-refractivity contribution in [2.75, 3.05) is 26.4 Å². The number of ether oxygens (including phenoxy) is 4. The van der Waals surface area contributed by atoms with Gasteiger partial charge in [-0.3, -0.25) is 9.59 Å². The third kappa shape index (κ3) is 12.7. The maximum atomic E-state index is 13.3. The van der Waals surface area contributed by atoms with Gasteiger partial charge in [0.15, 0.2) is 0 Å². The van der Waals surface area contributed by atoms with Crippen molar-refractivity contribution < 1.29 is 38.7 Å². The Morgan fingerprint density at radius 1 is 0.737 bits per heavy atom. The van der Waals surface area contributed by atoms with Gasteiger partial charge in [-0.15, -0.1) is 0 Å². The molecule has 0 aromatic heterocycles. The number of aliphatic hydroxyl groups is 2. The molecule has 2 N–H and O–H groups in total. The minimum absolute atomic E-state index is 0.00316. The SMILES string of the molecule is CCC(C)OCC(CO)OC(=O)C(CC(CC)OCC(CO)OC(=O)C(C)CC)CC(C)c1ccccc1. The van der Waals surface area contributed by atoms with E-state index in [1.807, 2.05) is 58.0 Å². The number of aliphatic hydroxyl groups excluding tert-OH is 2. The summed E-state index contributed by atoms with van der Waals surface area (Å²) in [6.07, 6.45) is 1.21. The summed E-state index contributed by atoms with van der Waals surface area (Å²) in [4.78, 5) is 25.5. The van der Waals surface area contributed by atoms with Gasteiger partial charge in [-0.05, 0) is 50.5 Å². The predicted molar refractivity (Wildman–Crippen MR) is 147 cm³/mol. The van der Waals surface area contributed by atoms with Crippen molar-refractivity contribution in [2.24, 2.45) is 11.8 Å². The molecule has 0 heterocycles. The third-order valence-corrected chi connectivity index (χ3v) is 6.99. The van der Waals surface area contributed by atoms with Gasteiger partial charge >= 0.3 is 11.9 Å². The third-order valence-electron chi connectivity index (χ3n) is 6.99. The van der Waals surface area contributed by atoms with E-state index in [9.17, 15) is 19.8 Å². The Hall–Kier alpha value is -2.00. The molecule has 8 nitrogen and oxygen atoms in total. The number of esters is 2. The fraction of sp³-hybridized carbons (Fsp3) is 0.733. The highest BCUT2D eigenvalue weighted by Gasteiger charge is 2.30. The van der Waals surface area contributed by atoms with Gasteiger partial charge in [0.2, 0.25) is 0 Å². The Morgan fingerprint density at radius 2 is 1.32 bits per heavy atom. The highest BCUT2D eigenvalue weighted by atomic mass is 16.6. The lowest BCUT2D eigenvalue weighted by Gasteiger charge is -2.27. The fourth-order valence-corrected chi connectivity index (χ4v) is 3.89. The number of carbonyl (C=O) groups excluding carboxylic acids is 2. The number of benzene rings is 1. The van der Waals surface area contributed by atoms with E-state index in [4.69, 9.17) is 18.9 Å². The summed E-state index contributed by atoms with van der Waals surface area (Å²) in [7, 11) is 0. The molecule has 0 bridgehead atoms. The first-order valence-electron chi connectivity index (χ1n) is 14.1. The lowest BCUT2D eigenvalue weighted by Crippen LogP contribution is -2.35. The molecule has 0 aliphatic carbocycles. The monoisotopic (exact) mass is 538 g/mol. The van der Waals surface area contributed by atoms with Crippen LogP contribution in [0.4, 0.5) is 0 Å². The highest BCUT2D eigenvalue weighted by Crippen LogP contribution is 2.28. The predicted octanol–water partition coefficient (Wildman–Crippen LogP) is 4.65. The van der Waals surface area contributed by atoms with Crippen molar-refractivity contribution in [1.29, 1.82) is 0 Å². The Labute approximate surface area is 229 Å². The highest BCUT2D eigenvalue weighted by molar-refractivity contribution is 5.73. The van der Waals surface area contributed by atoms with Gasteiger partial charge in [0.25, 0.3) is 0 Å². The van der Waals surface area contributed by atoms with Crippen LogP contribution in [0.2, 0.25) is 0 Å². The molecule has 218 valence electrons. The van der Waals surface area contributed by atoms with Crippen LogP contribution in [0.25, 0.3) is 0 Å². The van der Waals surface area contributed by atoms with Crippen LogP contribution < -0.4 is 0 Å². The van der Waals surface area contributed by atoms with Crippen molar-refractivity contribution in [1.82, 2.24) is 0 Å². The molecule has 0 aliphatic rings. The minimum Gasteiger partial charge on any atom is -0.457 e. The van der Waals surface area contributed by atoms with Gasteiger partial charge in [0.1, 0.15) is 12.2 Å². The van der Waals surface area contributed by atoms with Gasteiger partial charge in [-0.2, -0.15) is 0 Å². The van der Waals surface area contributed by atoms with Crippen molar-refractivity contribution in [3.8, 4) is 0 Å². The summed E-state index contributed by atoms with van der Waals surface area (Å²) in [6, 6.07) is 9.98. The van der Waals surface area contributed by atoms with Gasteiger partial charge in [0, 0.05) is 0 Å². The fourth-order valence-electron chi connectivity index (χ4n) is 3.89. The normalized spacial score (nSPS) is 17.1. The zero-order chi connectivity index (χ0) is 28.5. The second-order valence-corrected chi connectivity index (χ2v) is 10.2. The Bertz CT molecular complexity index is 771. The Morgan fingerprint density at radius 3 is 1.84 bits per heavy atom. The average Bonchev–Trinajstić information content (AvgIpc) is 2.95. The second-order valence-electron chi connectivity index (χ2n) is 10.2. The standard InChI is InChI=1S/C30H50O8/c1-7-21(4)29(33)37-28(18-32)20-36-26(9-3)16-25(15-22(5)24-13-11-10-12-14-24)30(34)38-27(17-31)19-35-23(6)8-2/h10-14,21-23,25-28,31-32H,7-9,15-20H2,1-6H3. The van der Waals surface area contributed by atoms with Crippen LogP contribution in [-0.4, -0.2) is 73.0 Å². The molecule has 1 rings (SSSR count). The van der Waals surface area contributed by atoms with E-state index in [2.05, 4.69) is 6.92 Å². The van der Waals surface area contributed by atoms with E-state index >= 15 is 0 Å². The van der Waals surface area contributed by atoms with Crippen molar-refractivity contribution in [2.45, 2.75) is 104 Å². The van der Waals surface area contributed by atoms with E-state index in [0.29, 0.717) is 25.7 Å². The number of hydrogen-bond acceptors (Lipinski definition) is 8.